The average molecular weight is 243 g/mol. The third-order valence-corrected chi connectivity index (χ3v) is 3.11. The summed E-state index contributed by atoms with van der Waals surface area (Å²) in [7, 11) is 0. The third kappa shape index (κ3) is 2.12. The van der Waals surface area contributed by atoms with Gasteiger partial charge in [0.15, 0.2) is 5.78 Å². The highest BCUT2D eigenvalue weighted by Crippen LogP contribution is 2.19. The van der Waals surface area contributed by atoms with Crippen molar-refractivity contribution >= 4 is 11.5 Å². The summed E-state index contributed by atoms with van der Waals surface area (Å²) >= 11 is 0. The highest BCUT2D eigenvalue weighted by molar-refractivity contribution is 6.10. The van der Waals surface area contributed by atoms with Crippen LogP contribution in [0.3, 0.4) is 0 Å². The van der Waals surface area contributed by atoms with Gasteiger partial charge in [0.2, 0.25) is 0 Å². The number of rotatable bonds is 2. The predicted octanol–water partition coefficient (Wildman–Crippen LogP) is 3.26. The van der Waals surface area contributed by atoms with Crippen LogP contribution in [0.5, 0.6) is 0 Å². The molecule has 18 heavy (non-hydrogen) atoms. The Kier molecular flexibility index (Phi) is 3.15. The van der Waals surface area contributed by atoms with Crippen molar-refractivity contribution in [2.75, 3.05) is 5.73 Å². The summed E-state index contributed by atoms with van der Waals surface area (Å²) in [5.74, 6) is -0.749. The first-order valence-electron chi connectivity index (χ1n) is 5.66. The van der Waals surface area contributed by atoms with Crippen LogP contribution in [0.1, 0.15) is 27.0 Å². The number of benzene rings is 2. The molecule has 0 unspecified atom stereocenters. The Morgan fingerprint density at radius 2 is 1.89 bits per heavy atom. The maximum absolute atomic E-state index is 13.4. The van der Waals surface area contributed by atoms with Crippen LogP contribution in [0.15, 0.2) is 36.4 Å². The lowest BCUT2D eigenvalue weighted by Crippen LogP contribution is -2.05. The zero-order valence-electron chi connectivity index (χ0n) is 10.3. The van der Waals surface area contributed by atoms with Gasteiger partial charge in [-0.25, -0.2) is 4.39 Å². The molecule has 92 valence electrons. The van der Waals surface area contributed by atoms with Gasteiger partial charge in [0, 0.05) is 11.1 Å². The number of carbonyl (C=O) groups excluding carboxylic acids is 1. The molecule has 3 heteroatoms. The van der Waals surface area contributed by atoms with Crippen molar-refractivity contribution in [2.24, 2.45) is 0 Å². The molecule has 0 saturated heterocycles. The molecule has 2 N–H and O–H groups in total. The standard InChI is InChI=1S/C15H14FNO/c1-9-4-3-5-12(10(9)2)15(18)11-6-7-14(17)13(16)8-11/h3-8H,17H2,1-2H3. The van der Waals surface area contributed by atoms with Crippen LogP contribution < -0.4 is 5.73 Å². The second-order valence-corrected chi connectivity index (χ2v) is 4.31. The molecule has 2 aromatic rings. The van der Waals surface area contributed by atoms with Crippen LogP contribution in [0.25, 0.3) is 0 Å². The summed E-state index contributed by atoms with van der Waals surface area (Å²) in [5.41, 5.74) is 8.31. The molecule has 0 amide bonds. The van der Waals surface area contributed by atoms with E-state index < -0.39 is 5.82 Å². The molecule has 0 spiro atoms. The molecule has 0 radical (unpaired) electrons. The fourth-order valence-electron chi connectivity index (χ4n) is 1.82. The Labute approximate surface area is 105 Å². The van der Waals surface area contributed by atoms with Gasteiger partial charge in [0.05, 0.1) is 5.69 Å². The van der Waals surface area contributed by atoms with Gasteiger partial charge in [-0.15, -0.1) is 0 Å². The fourth-order valence-corrected chi connectivity index (χ4v) is 1.82. The van der Waals surface area contributed by atoms with E-state index in [0.29, 0.717) is 11.1 Å². The van der Waals surface area contributed by atoms with E-state index in [4.69, 9.17) is 5.73 Å². The quantitative estimate of drug-likeness (QED) is 0.650. The summed E-state index contributed by atoms with van der Waals surface area (Å²) < 4.78 is 13.4. The zero-order chi connectivity index (χ0) is 13.3. The first kappa shape index (κ1) is 12.3. The minimum atomic E-state index is -0.564. The Hall–Kier alpha value is -2.16. The maximum Gasteiger partial charge on any atom is 0.193 e. The van der Waals surface area contributed by atoms with Crippen molar-refractivity contribution in [1.29, 1.82) is 0 Å². The van der Waals surface area contributed by atoms with Crippen LogP contribution >= 0.6 is 0 Å². The number of ketones is 1. The largest absolute Gasteiger partial charge is 0.396 e. The predicted molar refractivity (Wildman–Crippen MR) is 70.2 cm³/mol. The third-order valence-electron chi connectivity index (χ3n) is 3.11. The minimum Gasteiger partial charge on any atom is -0.396 e. The zero-order valence-corrected chi connectivity index (χ0v) is 10.3. The average Bonchev–Trinajstić information content (AvgIpc) is 2.35. The van der Waals surface area contributed by atoms with Crippen LogP contribution in [0, 0.1) is 19.7 Å². The molecule has 2 rings (SSSR count). The molecule has 2 aromatic carbocycles. The molecule has 2 nitrogen and oxygen atoms in total. The Bertz CT molecular complexity index is 620. The Balaban J connectivity index is 2.48. The van der Waals surface area contributed by atoms with Gasteiger partial charge in [0.25, 0.3) is 0 Å². The van der Waals surface area contributed by atoms with Crippen molar-refractivity contribution in [3.05, 3.63) is 64.5 Å². The molecule has 0 aliphatic heterocycles. The molecular formula is C15H14FNO. The summed E-state index contributed by atoms with van der Waals surface area (Å²) in [6, 6.07) is 9.65. The summed E-state index contributed by atoms with van der Waals surface area (Å²) in [6.07, 6.45) is 0. The van der Waals surface area contributed by atoms with Crippen LogP contribution in [0.2, 0.25) is 0 Å². The fraction of sp³-hybridized carbons (Fsp3) is 0.133. The first-order valence-corrected chi connectivity index (χ1v) is 5.66. The summed E-state index contributed by atoms with van der Waals surface area (Å²) in [4.78, 5) is 12.3. The van der Waals surface area contributed by atoms with Gasteiger partial charge >= 0.3 is 0 Å². The molecule has 0 aromatic heterocycles. The van der Waals surface area contributed by atoms with Gasteiger partial charge in [-0.05, 0) is 43.2 Å². The number of carbonyl (C=O) groups is 1. The smallest absolute Gasteiger partial charge is 0.193 e. The normalized spacial score (nSPS) is 10.4. The van der Waals surface area contributed by atoms with E-state index in [9.17, 15) is 9.18 Å². The Morgan fingerprint density at radius 1 is 1.17 bits per heavy atom. The molecule has 0 atom stereocenters. The monoisotopic (exact) mass is 243 g/mol. The lowest BCUT2D eigenvalue weighted by Gasteiger charge is -2.08. The number of aryl methyl sites for hydroxylation is 1. The number of hydrogen-bond acceptors (Lipinski definition) is 2. The highest BCUT2D eigenvalue weighted by atomic mass is 19.1. The van der Waals surface area contributed by atoms with Crippen LogP contribution in [-0.2, 0) is 0 Å². The van der Waals surface area contributed by atoms with Gasteiger partial charge in [-0.1, -0.05) is 18.2 Å². The van der Waals surface area contributed by atoms with Crippen molar-refractivity contribution < 1.29 is 9.18 Å². The van der Waals surface area contributed by atoms with E-state index in [1.54, 1.807) is 12.1 Å². The van der Waals surface area contributed by atoms with Crippen LogP contribution in [-0.4, -0.2) is 5.78 Å². The number of anilines is 1. The first-order chi connectivity index (χ1) is 8.50. The van der Waals surface area contributed by atoms with E-state index in [-0.39, 0.29) is 11.5 Å². The minimum absolute atomic E-state index is 0.0486. The number of nitrogens with two attached hydrogens (primary N) is 1. The number of hydrogen-bond donors (Lipinski definition) is 1. The molecule has 0 saturated carbocycles. The van der Waals surface area contributed by atoms with Gasteiger partial charge in [-0.2, -0.15) is 0 Å². The van der Waals surface area contributed by atoms with Crippen molar-refractivity contribution in [3.63, 3.8) is 0 Å². The topological polar surface area (TPSA) is 43.1 Å². The van der Waals surface area contributed by atoms with E-state index in [2.05, 4.69) is 0 Å². The lowest BCUT2D eigenvalue weighted by atomic mass is 9.96. The molecule has 0 fully saturated rings. The summed E-state index contributed by atoms with van der Waals surface area (Å²) in [6.45, 7) is 3.83. The lowest BCUT2D eigenvalue weighted by molar-refractivity contribution is 0.103. The van der Waals surface area contributed by atoms with E-state index in [1.165, 1.54) is 12.1 Å². The molecule has 0 aliphatic rings. The SMILES string of the molecule is Cc1cccc(C(=O)c2ccc(N)c(F)c2)c1C. The van der Waals surface area contributed by atoms with Crippen molar-refractivity contribution in [3.8, 4) is 0 Å². The molecule has 0 bridgehead atoms. The summed E-state index contributed by atoms with van der Waals surface area (Å²) in [5, 5.41) is 0. The molecular weight excluding hydrogens is 229 g/mol. The van der Waals surface area contributed by atoms with E-state index in [1.807, 2.05) is 26.0 Å². The van der Waals surface area contributed by atoms with E-state index in [0.717, 1.165) is 11.1 Å². The second kappa shape index (κ2) is 4.61. The van der Waals surface area contributed by atoms with E-state index >= 15 is 0 Å². The van der Waals surface area contributed by atoms with Gasteiger partial charge < -0.3 is 5.73 Å². The molecule has 0 aliphatic carbocycles. The van der Waals surface area contributed by atoms with Crippen molar-refractivity contribution in [2.45, 2.75) is 13.8 Å². The van der Waals surface area contributed by atoms with Gasteiger partial charge in [-0.3, -0.25) is 4.79 Å². The van der Waals surface area contributed by atoms with Crippen molar-refractivity contribution in [1.82, 2.24) is 0 Å². The second-order valence-electron chi connectivity index (χ2n) is 4.31. The van der Waals surface area contributed by atoms with Crippen LogP contribution in [0.4, 0.5) is 10.1 Å². The highest BCUT2D eigenvalue weighted by Gasteiger charge is 2.13. The number of nitrogen functional groups attached to an aromatic ring is 1. The molecule has 0 heterocycles. The number of halogens is 1. The maximum atomic E-state index is 13.4. The van der Waals surface area contributed by atoms with Gasteiger partial charge in [0.1, 0.15) is 5.82 Å². The Morgan fingerprint density at radius 3 is 2.56 bits per heavy atom.